The van der Waals surface area contributed by atoms with Crippen LogP contribution in [-0.4, -0.2) is 31.1 Å². The topological polar surface area (TPSA) is 63.2 Å². The van der Waals surface area contributed by atoms with Crippen molar-refractivity contribution in [3.05, 3.63) is 23.9 Å². The molecule has 0 atom stereocenters. The maximum Gasteiger partial charge on any atom is 0.234 e. The number of carbonyl (C=O) groups is 1. The van der Waals surface area contributed by atoms with Crippen LogP contribution in [0.25, 0.3) is 0 Å². The van der Waals surface area contributed by atoms with E-state index in [0.717, 1.165) is 12.1 Å². The third-order valence-corrected chi connectivity index (χ3v) is 2.03. The highest BCUT2D eigenvalue weighted by Crippen LogP contribution is 2.07. The van der Waals surface area contributed by atoms with E-state index in [-0.39, 0.29) is 5.91 Å². The van der Waals surface area contributed by atoms with Gasteiger partial charge < -0.3 is 15.4 Å². The Morgan fingerprint density at radius 2 is 2.38 bits per heavy atom. The van der Waals surface area contributed by atoms with Crippen molar-refractivity contribution < 1.29 is 9.53 Å². The number of amides is 1. The molecule has 0 saturated heterocycles. The van der Waals surface area contributed by atoms with Crippen LogP contribution in [0.2, 0.25) is 0 Å². The first-order chi connectivity index (χ1) is 7.76. The molecule has 0 unspecified atom stereocenters. The fourth-order valence-corrected chi connectivity index (χ4v) is 1.17. The Labute approximate surface area is 95.2 Å². The molecule has 5 heteroatoms. The van der Waals surface area contributed by atoms with Crippen molar-refractivity contribution in [2.75, 3.05) is 20.2 Å². The van der Waals surface area contributed by atoms with Crippen molar-refractivity contribution in [2.45, 2.75) is 13.5 Å². The van der Waals surface area contributed by atoms with Crippen LogP contribution in [0.4, 0.5) is 0 Å². The minimum absolute atomic E-state index is 0.0161. The first-order valence-corrected chi connectivity index (χ1v) is 5.22. The zero-order valence-corrected chi connectivity index (χ0v) is 9.62. The molecule has 0 radical (unpaired) electrons. The van der Waals surface area contributed by atoms with Gasteiger partial charge in [-0.1, -0.05) is 6.92 Å². The second kappa shape index (κ2) is 6.79. The summed E-state index contributed by atoms with van der Waals surface area (Å²) in [6.07, 6.45) is 1.66. The molecule has 0 aromatic carbocycles. The lowest BCUT2D eigenvalue weighted by Crippen LogP contribution is -2.33. The first kappa shape index (κ1) is 12.4. The molecule has 88 valence electrons. The molecule has 16 heavy (non-hydrogen) atoms. The van der Waals surface area contributed by atoms with Gasteiger partial charge in [0, 0.05) is 18.8 Å². The summed E-state index contributed by atoms with van der Waals surface area (Å²) in [6.45, 7) is 3.58. The lowest BCUT2D eigenvalue weighted by molar-refractivity contribution is -0.120. The number of ether oxygens (including phenoxy) is 1. The molecule has 0 fully saturated rings. The number of rotatable bonds is 6. The van der Waals surface area contributed by atoms with Crippen molar-refractivity contribution in [1.29, 1.82) is 0 Å². The Bertz CT molecular complexity index is 342. The molecule has 1 rings (SSSR count). The highest BCUT2D eigenvalue weighted by Gasteiger charge is 2.01. The number of pyridine rings is 1. The quantitative estimate of drug-likeness (QED) is 0.729. The lowest BCUT2D eigenvalue weighted by atomic mass is 10.2. The highest BCUT2D eigenvalue weighted by atomic mass is 16.5. The van der Waals surface area contributed by atoms with E-state index in [1.165, 1.54) is 0 Å². The fraction of sp³-hybridized carbons (Fsp3) is 0.455. The van der Waals surface area contributed by atoms with Gasteiger partial charge in [-0.2, -0.15) is 0 Å². The average molecular weight is 223 g/mol. The second-order valence-corrected chi connectivity index (χ2v) is 3.26. The molecule has 1 amide bonds. The Balaban J connectivity index is 2.38. The van der Waals surface area contributed by atoms with E-state index < -0.39 is 0 Å². The van der Waals surface area contributed by atoms with E-state index in [1.54, 1.807) is 19.4 Å². The summed E-state index contributed by atoms with van der Waals surface area (Å²) in [4.78, 5) is 15.3. The summed E-state index contributed by atoms with van der Waals surface area (Å²) >= 11 is 0. The summed E-state index contributed by atoms with van der Waals surface area (Å²) in [5, 5.41) is 5.76. The van der Waals surface area contributed by atoms with Crippen LogP contribution in [-0.2, 0) is 11.3 Å². The van der Waals surface area contributed by atoms with Gasteiger partial charge in [-0.25, -0.2) is 4.98 Å². The maximum absolute atomic E-state index is 11.3. The molecule has 1 heterocycles. The second-order valence-electron chi connectivity index (χ2n) is 3.26. The highest BCUT2D eigenvalue weighted by molar-refractivity contribution is 5.77. The molecular weight excluding hydrogens is 206 g/mol. The lowest BCUT2D eigenvalue weighted by Gasteiger charge is -2.06. The molecule has 0 bridgehead atoms. The van der Waals surface area contributed by atoms with Gasteiger partial charge in [0.15, 0.2) is 0 Å². The van der Waals surface area contributed by atoms with Gasteiger partial charge in [0.05, 0.1) is 13.7 Å². The number of hydrogen-bond donors (Lipinski definition) is 2. The SMILES string of the molecule is CCNCC(=O)NCc1ccnc(OC)c1. The number of nitrogens with zero attached hydrogens (tertiary/aromatic N) is 1. The molecular formula is C11H17N3O2. The number of methoxy groups -OCH3 is 1. The molecule has 5 nitrogen and oxygen atoms in total. The molecule has 0 aliphatic rings. The average Bonchev–Trinajstić information content (AvgIpc) is 2.34. The molecule has 0 aliphatic heterocycles. The Hall–Kier alpha value is -1.62. The summed E-state index contributed by atoms with van der Waals surface area (Å²) in [6, 6.07) is 3.64. The molecule has 1 aromatic heterocycles. The van der Waals surface area contributed by atoms with Crippen molar-refractivity contribution >= 4 is 5.91 Å². The monoisotopic (exact) mass is 223 g/mol. The number of carbonyl (C=O) groups excluding carboxylic acids is 1. The minimum atomic E-state index is -0.0161. The van der Waals surface area contributed by atoms with Crippen LogP contribution >= 0.6 is 0 Å². The summed E-state index contributed by atoms with van der Waals surface area (Å²) in [5.74, 6) is 0.538. The van der Waals surface area contributed by atoms with Crippen molar-refractivity contribution in [1.82, 2.24) is 15.6 Å². The number of hydrogen-bond acceptors (Lipinski definition) is 4. The first-order valence-electron chi connectivity index (χ1n) is 5.22. The minimum Gasteiger partial charge on any atom is -0.481 e. The third-order valence-electron chi connectivity index (χ3n) is 2.03. The van der Waals surface area contributed by atoms with E-state index >= 15 is 0 Å². The van der Waals surface area contributed by atoms with Gasteiger partial charge >= 0.3 is 0 Å². The van der Waals surface area contributed by atoms with Crippen LogP contribution in [0, 0.1) is 0 Å². The Kier molecular flexibility index (Phi) is 5.28. The van der Waals surface area contributed by atoms with Crippen LogP contribution in [0.3, 0.4) is 0 Å². The molecule has 1 aromatic rings. The van der Waals surface area contributed by atoms with Gasteiger partial charge in [-0.3, -0.25) is 4.79 Å². The number of aromatic nitrogens is 1. The van der Waals surface area contributed by atoms with Gasteiger partial charge in [0.25, 0.3) is 0 Å². The van der Waals surface area contributed by atoms with Gasteiger partial charge in [-0.05, 0) is 18.2 Å². The molecule has 0 spiro atoms. The maximum atomic E-state index is 11.3. The van der Waals surface area contributed by atoms with Crippen molar-refractivity contribution in [3.63, 3.8) is 0 Å². The number of likely N-dealkylation sites (N-methyl/N-ethyl adjacent to an activating group) is 1. The predicted molar refractivity (Wildman–Crippen MR) is 61.2 cm³/mol. The van der Waals surface area contributed by atoms with E-state index in [0.29, 0.717) is 19.0 Å². The largest absolute Gasteiger partial charge is 0.481 e. The number of nitrogens with one attached hydrogen (secondary N) is 2. The van der Waals surface area contributed by atoms with Crippen LogP contribution in [0.5, 0.6) is 5.88 Å². The van der Waals surface area contributed by atoms with Crippen LogP contribution in [0.15, 0.2) is 18.3 Å². The zero-order valence-electron chi connectivity index (χ0n) is 9.62. The fourth-order valence-electron chi connectivity index (χ4n) is 1.17. The van der Waals surface area contributed by atoms with Gasteiger partial charge in [-0.15, -0.1) is 0 Å². The molecule has 2 N–H and O–H groups in total. The van der Waals surface area contributed by atoms with E-state index in [4.69, 9.17) is 4.74 Å². The van der Waals surface area contributed by atoms with E-state index in [1.807, 2.05) is 13.0 Å². The van der Waals surface area contributed by atoms with Gasteiger partial charge in [0.1, 0.15) is 0 Å². The zero-order chi connectivity index (χ0) is 11.8. The third kappa shape index (κ3) is 4.27. The summed E-state index contributed by atoms with van der Waals surface area (Å²) < 4.78 is 4.99. The predicted octanol–water partition coefficient (Wildman–Crippen LogP) is 0.316. The standard InChI is InChI=1S/C11H17N3O2/c1-3-12-8-10(15)14-7-9-4-5-13-11(6-9)16-2/h4-6,12H,3,7-8H2,1-2H3,(H,14,15). The smallest absolute Gasteiger partial charge is 0.234 e. The van der Waals surface area contributed by atoms with Crippen molar-refractivity contribution in [2.24, 2.45) is 0 Å². The summed E-state index contributed by atoms with van der Waals surface area (Å²) in [7, 11) is 1.57. The van der Waals surface area contributed by atoms with Crippen molar-refractivity contribution in [3.8, 4) is 5.88 Å². The normalized spacial score (nSPS) is 9.88. The van der Waals surface area contributed by atoms with E-state index in [2.05, 4.69) is 15.6 Å². The molecule has 0 saturated carbocycles. The van der Waals surface area contributed by atoms with Crippen LogP contribution < -0.4 is 15.4 Å². The van der Waals surface area contributed by atoms with Gasteiger partial charge in [0.2, 0.25) is 11.8 Å². The molecule has 0 aliphatic carbocycles. The van der Waals surface area contributed by atoms with E-state index in [9.17, 15) is 4.79 Å². The van der Waals surface area contributed by atoms with Crippen LogP contribution in [0.1, 0.15) is 12.5 Å². The summed E-state index contributed by atoms with van der Waals surface area (Å²) in [5.41, 5.74) is 0.969. The Morgan fingerprint density at radius 3 is 3.06 bits per heavy atom. The Morgan fingerprint density at radius 1 is 1.56 bits per heavy atom.